The van der Waals surface area contributed by atoms with Gasteiger partial charge in [0.1, 0.15) is 24.8 Å². The molecule has 7 nitrogen and oxygen atoms in total. The van der Waals surface area contributed by atoms with E-state index in [4.69, 9.17) is 14.2 Å². The summed E-state index contributed by atoms with van der Waals surface area (Å²) in [5.41, 5.74) is 0.298. The Morgan fingerprint density at radius 2 is 1.96 bits per heavy atom. The highest BCUT2D eigenvalue weighted by molar-refractivity contribution is 9.10. The van der Waals surface area contributed by atoms with Crippen LogP contribution in [0.2, 0.25) is 0 Å². The van der Waals surface area contributed by atoms with Crippen LogP contribution >= 0.6 is 15.9 Å². The van der Waals surface area contributed by atoms with Crippen LogP contribution < -0.4 is 9.64 Å². The number of rotatable bonds is 6. The number of nitrogens with zero attached hydrogens (tertiary/aromatic N) is 1. The third-order valence-electron chi connectivity index (χ3n) is 3.43. The van der Waals surface area contributed by atoms with E-state index in [0.717, 1.165) is 0 Å². The molecule has 10 heteroatoms. The molecule has 0 unspecified atom stereocenters. The summed E-state index contributed by atoms with van der Waals surface area (Å²) in [4.78, 5) is 25.6. The zero-order chi connectivity index (χ0) is 19.3. The number of esters is 2. The van der Waals surface area contributed by atoms with Crippen molar-refractivity contribution >= 4 is 33.6 Å². The van der Waals surface area contributed by atoms with Crippen molar-refractivity contribution in [2.75, 3.05) is 39.1 Å². The predicted octanol–water partition coefficient (Wildman–Crippen LogP) is 2.49. The molecule has 0 aromatic heterocycles. The number of hydrogen-bond acceptors (Lipinski definition) is 7. The summed E-state index contributed by atoms with van der Waals surface area (Å²) in [6, 6.07) is 4.65. The van der Waals surface area contributed by atoms with Gasteiger partial charge in [-0.2, -0.15) is 0 Å². The van der Waals surface area contributed by atoms with Gasteiger partial charge in [-0.25, -0.2) is 18.4 Å². The van der Waals surface area contributed by atoms with Crippen LogP contribution in [0.25, 0.3) is 0 Å². The van der Waals surface area contributed by atoms with Crippen LogP contribution in [0.15, 0.2) is 33.9 Å². The second-order valence-corrected chi connectivity index (χ2v) is 5.80. The third kappa shape index (κ3) is 4.31. The molecule has 0 saturated carbocycles. The Labute approximate surface area is 156 Å². The number of anilines is 1. The molecular formula is C16H16BrF2NO6. The molecule has 1 aliphatic heterocycles. The van der Waals surface area contributed by atoms with Gasteiger partial charge in [0.15, 0.2) is 0 Å². The van der Waals surface area contributed by atoms with Gasteiger partial charge in [-0.3, -0.25) is 0 Å². The number of carbonyl (C=O) groups excluding carboxylic acids is 2. The highest BCUT2D eigenvalue weighted by Crippen LogP contribution is 2.38. The maximum Gasteiger partial charge on any atom is 0.355 e. The molecule has 0 amide bonds. The minimum Gasteiger partial charge on any atom is -0.486 e. The lowest BCUT2D eigenvalue weighted by atomic mass is 10.1. The van der Waals surface area contributed by atoms with E-state index >= 15 is 0 Å². The van der Waals surface area contributed by atoms with Gasteiger partial charge < -0.3 is 23.8 Å². The smallest absolute Gasteiger partial charge is 0.355 e. The van der Waals surface area contributed by atoms with Gasteiger partial charge in [-0.05, 0) is 28.1 Å². The van der Waals surface area contributed by atoms with Crippen molar-refractivity contribution in [2.45, 2.75) is 6.43 Å². The second-order valence-electron chi connectivity index (χ2n) is 5.01. The average molecular weight is 436 g/mol. The zero-order valence-corrected chi connectivity index (χ0v) is 15.5. The van der Waals surface area contributed by atoms with Gasteiger partial charge in [0, 0.05) is 0 Å². The monoisotopic (exact) mass is 435 g/mol. The molecule has 1 heterocycles. The van der Waals surface area contributed by atoms with Crippen molar-refractivity contribution < 1.29 is 37.3 Å². The minimum atomic E-state index is -2.64. The van der Waals surface area contributed by atoms with E-state index in [1.807, 2.05) is 0 Å². The summed E-state index contributed by atoms with van der Waals surface area (Å²) in [7, 11) is 2.35. The first-order chi connectivity index (χ1) is 12.4. The van der Waals surface area contributed by atoms with Crippen LogP contribution in [0.4, 0.5) is 14.5 Å². The average Bonchev–Trinajstić information content (AvgIpc) is 2.65. The molecule has 0 spiro atoms. The molecule has 0 bridgehead atoms. The number of alkyl halides is 2. The van der Waals surface area contributed by atoms with E-state index in [1.165, 1.54) is 25.2 Å². The Hall–Kier alpha value is -2.20. The van der Waals surface area contributed by atoms with Gasteiger partial charge in [0.2, 0.25) is 0 Å². The standard InChI is InChI=1S/C16H16BrF2NO6/c1-23-15(21)9-6-25-8-20(14(9)16(22)24-2)10-4-3-5-11(13(10)17)26-7-12(18)19/h3-5,12H,6-8H2,1-2H3. The Bertz CT molecular complexity index is 725. The number of halogens is 3. The van der Waals surface area contributed by atoms with E-state index < -0.39 is 25.0 Å². The Kier molecular flexibility index (Phi) is 6.92. The Balaban J connectivity index is 2.50. The fraction of sp³-hybridized carbons (Fsp3) is 0.375. The van der Waals surface area contributed by atoms with E-state index in [2.05, 4.69) is 20.7 Å². The molecule has 0 atom stereocenters. The SMILES string of the molecule is COC(=O)C1=C(C(=O)OC)N(c2cccc(OCC(F)F)c2Br)COC1. The van der Waals surface area contributed by atoms with Crippen molar-refractivity contribution in [3.8, 4) is 5.75 Å². The van der Waals surface area contributed by atoms with Crippen LogP contribution in [0.5, 0.6) is 5.75 Å². The second kappa shape index (κ2) is 8.95. The van der Waals surface area contributed by atoms with Gasteiger partial charge in [-0.1, -0.05) is 6.07 Å². The van der Waals surface area contributed by atoms with Crippen molar-refractivity contribution in [3.63, 3.8) is 0 Å². The molecular weight excluding hydrogens is 420 g/mol. The van der Waals surface area contributed by atoms with E-state index in [-0.39, 0.29) is 30.4 Å². The van der Waals surface area contributed by atoms with E-state index in [9.17, 15) is 18.4 Å². The highest BCUT2D eigenvalue weighted by Gasteiger charge is 2.33. The Morgan fingerprint density at radius 3 is 2.58 bits per heavy atom. The fourth-order valence-corrected chi connectivity index (χ4v) is 2.90. The first kappa shape index (κ1) is 20.1. The van der Waals surface area contributed by atoms with Gasteiger partial charge in [0.05, 0.1) is 36.6 Å². The normalized spacial score (nSPS) is 14.5. The number of methoxy groups -OCH3 is 2. The summed E-state index contributed by atoms with van der Waals surface area (Å²) in [6.45, 7) is -0.986. The molecule has 142 valence electrons. The minimum absolute atomic E-state index is 0.0172. The maximum absolute atomic E-state index is 12.4. The van der Waals surface area contributed by atoms with Crippen molar-refractivity contribution in [1.29, 1.82) is 0 Å². The summed E-state index contributed by atoms with van der Waals surface area (Å²) in [6.07, 6.45) is -2.64. The lowest BCUT2D eigenvalue weighted by molar-refractivity contribution is -0.140. The van der Waals surface area contributed by atoms with Gasteiger partial charge in [0.25, 0.3) is 6.43 Å². The zero-order valence-electron chi connectivity index (χ0n) is 14.0. The topological polar surface area (TPSA) is 74.3 Å². The summed E-state index contributed by atoms with van der Waals surface area (Å²) in [5, 5.41) is 0. The molecule has 0 N–H and O–H groups in total. The predicted molar refractivity (Wildman–Crippen MR) is 90.0 cm³/mol. The van der Waals surface area contributed by atoms with Gasteiger partial charge >= 0.3 is 11.9 Å². The van der Waals surface area contributed by atoms with Crippen LogP contribution in [0, 0.1) is 0 Å². The molecule has 1 aliphatic rings. The lowest BCUT2D eigenvalue weighted by Gasteiger charge is -2.32. The van der Waals surface area contributed by atoms with E-state index in [0.29, 0.717) is 10.2 Å². The largest absolute Gasteiger partial charge is 0.486 e. The number of benzene rings is 1. The summed E-state index contributed by atoms with van der Waals surface area (Å²) >= 11 is 3.28. The molecule has 0 aliphatic carbocycles. The molecule has 0 saturated heterocycles. The highest BCUT2D eigenvalue weighted by atomic mass is 79.9. The van der Waals surface area contributed by atoms with Gasteiger partial charge in [-0.15, -0.1) is 0 Å². The number of hydrogen-bond donors (Lipinski definition) is 0. The first-order valence-corrected chi connectivity index (χ1v) is 8.14. The lowest BCUT2D eigenvalue weighted by Crippen LogP contribution is -2.39. The third-order valence-corrected chi connectivity index (χ3v) is 4.23. The van der Waals surface area contributed by atoms with E-state index in [1.54, 1.807) is 12.1 Å². The Morgan fingerprint density at radius 1 is 1.27 bits per heavy atom. The molecule has 1 aromatic rings. The molecule has 1 aromatic carbocycles. The van der Waals surface area contributed by atoms with Crippen molar-refractivity contribution in [3.05, 3.63) is 33.9 Å². The molecule has 2 rings (SSSR count). The quantitative estimate of drug-likeness (QED) is 0.635. The van der Waals surface area contributed by atoms with Crippen molar-refractivity contribution in [2.24, 2.45) is 0 Å². The van der Waals surface area contributed by atoms with Crippen LogP contribution in [-0.4, -0.2) is 52.5 Å². The van der Waals surface area contributed by atoms with Crippen molar-refractivity contribution in [1.82, 2.24) is 0 Å². The first-order valence-electron chi connectivity index (χ1n) is 7.35. The summed E-state index contributed by atoms with van der Waals surface area (Å²) < 4.78 is 45.0. The number of ether oxygens (including phenoxy) is 4. The van der Waals surface area contributed by atoms with Crippen LogP contribution in [-0.2, 0) is 23.8 Å². The van der Waals surface area contributed by atoms with Crippen LogP contribution in [0.3, 0.4) is 0 Å². The summed E-state index contributed by atoms with van der Waals surface area (Å²) in [5.74, 6) is -1.35. The molecule has 26 heavy (non-hydrogen) atoms. The number of carbonyl (C=O) groups is 2. The fourth-order valence-electron chi connectivity index (χ4n) is 2.31. The molecule has 0 fully saturated rings. The maximum atomic E-state index is 12.4. The molecule has 0 radical (unpaired) electrons. The van der Waals surface area contributed by atoms with Crippen LogP contribution in [0.1, 0.15) is 0 Å².